The van der Waals surface area contributed by atoms with Crippen molar-refractivity contribution in [3.8, 4) is 11.5 Å². The molecule has 1 atom stereocenters. The Balaban J connectivity index is 1.34. The van der Waals surface area contributed by atoms with Crippen LogP contribution in [0.1, 0.15) is 122 Å². The Morgan fingerprint density at radius 3 is 2.14 bits per heavy atom. The van der Waals surface area contributed by atoms with Crippen molar-refractivity contribution in [3.05, 3.63) is 57.2 Å². The van der Waals surface area contributed by atoms with Crippen LogP contribution in [0.15, 0.2) is 24.3 Å². The van der Waals surface area contributed by atoms with E-state index in [4.69, 9.17) is 23.7 Å². The maximum absolute atomic E-state index is 15.8. The van der Waals surface area contributed by atoms with Gasteiger partial charge < -0.3 is 33.9 Å². The van der Waals surface area contributed by atoms with E-state index in [-0.39, 0.29) is 103 Å². The SMILES string of the molecule is COc1cc2c(cc1C(=O)CCOc1c(C=O)cc3sc(C(=O)CCC(=O)O[C@@H](C)CNC(=O)OC(C)(C)C)cc3c1F)CN(C(=O)CCC(=O)OC(C)(C)C)C2. The number of hydrogen-bond donors (Lipinski definition) is 1. The molecule has 308 valence electrons. The van der Waals surface area contributed by atoms with Crippen LogP contribution in [0.4, 0.5) is 9.18 Å². The van der Waals surface area contributed by atoms with Gasteiger partial charge in [-0.05, 0) is 83.9 Å². The molecule has 2 heterocycles. The Bertz CT molecular complexity index is 2050. The van der Waals surface area contributed by atoms with Gasteiger partial charge in [0.25, 0.3) is 0 Å². The zero-order valence-electron chi connectivity index (χ0n) is 33.5. The second kappa shape index (κ2) is 18.7. The third-order valence-corrected chi connectivity index (χ3v) is 9.53. The van der Waals surface area contributed by atoms with Gasteiger partial charge in [0.15, 0.2) is 29.4 Å². The Morgan fingerprint density at radius 1 is 0.860 bits per heavy atom. The number of methoxy groups -OCH3 is 1. The van der Waals surface area contributed by atoms with Crippen molar-refractivity contribution in [1.82, 2.24) is 10.2 Å². The fourth-order valence-electron chi connectivity index (χ4n) is 5.85. The van der Waals surface area contributed by atoms with E-state index in [0.717, 1.165) is 22.5 Å². The highest BCUT2D eigenvalue weighted by atomic mass is 32.1. The monoisotopic (exact) mass is 812 g/mol. The molecule has 0 aliphatic carbocycles. The second-order valence-electron chi connectivity index (χ2n) is 15.5. The Hall–Kier alpha value is -5.38. The number of benzene rings is 2. The van der Waals surface area contributed by atoms with Crippen molar-refractivity contribution < 1.29 is 61.6 Å². The third kappa shape index (κ3) is 12.6. The molecule has 1 aromatic heterocycles. The van der Waals surface area contributed by atoms with E-state index in [9.17, 15) is 33.6 Å². The molecule has 0 saturated carbocycles. The van der Waals surface area contributed by atoms with Gasteiger partial charge in [0.05, 0.1) is 49.1 Å². The number of fused-ring (bicyclic) bond motifs is 2. The molecule has 2 aromatic carbocycles. The van der Waals surface area contributed by atoms with Crippen LogP contribution in [0.25, 0.3) is 10.1 Å². The summed E-state index contributed by atoms with van der Waals surface area (Å²) < 4.78 is 42.9. The number of halogens is 1. The number of nitrogens with one attached hydrogen (secondary N) is 1. The molecule has 0 fully saturated rings. The van der Waals surface area contributed by atoms with E-state index >= 15 is 4.39 Å². The molecular formula is C41H49FN2O12S. The number of esters is 2. The summed E-state index contributed by atoms with van der Waals surface area (Å²) in [5.74, 6) is -3.15. The minimum Gasteiger partial charge on any atom is -0.496 e. The summed E-state index contributed by atoms with van der Waals surface area (Å²) in [7, 11) is 1.41. The van der Waals surface area contributed by atoms with E-state index in [0.29, 0.717) is 11.0 Å². The number of hydrogen-bond acceptors (Lipinski definition) is 13. The smallest absolute Gasteiger partial charge is 0.407 e. The number of thiophene rings is 1. The van der Waals surface area contributed by atoms with Crippen LogP contribution in [-0.2, 0) is 41.7 Å². The lowest BCUT2D eigenvalue weighted by molar-refractivity contribution is -0.156. The van der Waals surface area contributed by atoms with Crippen molar-refractivity contribution in [2.45, 2.75) is 111 Å². The number of nitrogens with zero attached hydrogens (tertiary/aromatic N) is 1. The van der Waals surface area contributed by atoms with Crippen molar-refractivity contribution in [2.24, 2.45) is 0 Å². The molecule has 1 aliphatic rings. The summed E-state index contributed by atoms with van der Waals surface area (Å²) in [5, 5.41) is 2.54. The number of aldehydes is 1. The highest BCUT2D eigenvalue weighted by molar-refractivity contribution is 7.20. The number of ether oxygens (including phenoxy) is 5. The summed E-state index contributed by atoms with van der Waals surface area (Å²) in [5.41, 5.74) is 0.325. The van der Waals surface area contributed by atoms with E-state index in [1.54, 1.807) is 65.5 Å². The minimum atomic E-state index is -0.880. The van der Waals surface area contributed by atoms with E-state index < -0.39 is 46.9 Å². The number of amides is 2. The number of carbonyl (C=O) groups is 7. The quantitative estimate of drug-likeness (QED) is 0.0646. The molecule has 16 heteroatoms. The van der Waals surface area contributed by atoms with Crippen molar-refractivity contribution in [1.29, 1.82) is 0 Å². The van der Waals surface area contributed by atoms with Crippen molar-refractivity contribution >= 4 is 63.2 Å². The predicted molar refractivity (Wildman–Crippen MR) is 207 cm³/mol. The molecular weight excluding hydrogens is 764 g/mol. The fourth-order valence-corrected chi connectivity index (χ4v) is 6.92. The van der Waals surface area contributed by atoms with Crippen LogP contribution >= 0.6 is 11.3 Å². The van der Waals surface area contributed by atoms with Gasteiger partial charge in [-0.15, -0.1) is 11.3 Å². The molecule has 0 spiro atoms. The molecule has 1 aliphatic heterocycles. The van der Waals surface area contributed by atoms with Gasteiger partial charge in [-0.3, -0.25) is 28.8 Å². The topological polar surface area (TPSA) is 181 Å². The fraction of sp³-hybridized carbons (Fsp3) is 0.488. The Kier molecular flexibility index (Phi) is 14.6. The number of Topliss-reactive ketones (excluding diaryl/α,β-unsaturated/α-hetero) is 2. The van der Waals surface area contributed by atoms with E-state index in [2.05, 4.69) is 5.32 Å². The van der Waals surface area contributed by atoms with Crippen LogP contribution in [0.5, 0.6) is 11.5 Å². The highest BCUT2D eigenvalue weighted by Gasteiger charge is 2.28. The molecule has 0 bridgehead atoms. The molecule has 57 heavy (non-hydrogen) atoms. The van der Waals surface area contributed by atoms with Crippen LogP contribution in [0, 0.1) is 5.82 Å². The number of ketones is 2. The van der Waals surface area contributed by atoms with Crippen molar-refractivity contribution in [3.63, 3.8) is 0 Å². The average molecular weight is 813 g/mol. The van der Waals surface area contributed by atoms with Gasteiger partial charge in [0.2, 0.25) is 5.91 Å². The standard InChI is InChI=1S/C41H49FN2O12S/c1-23(19-43-39(51)56-41(5,6)7)54-35(49)11-9-30(47)33-18-28-32(57-33)17-26(22-45)38(37(28)42)53-14-13-29(46)27-15-24-20-44(21-25(24)16-31(27)52-8)34(48)10-12-36(50)55-40(2,3)4/h15-18,22-23H,9-14,19-21H2,1-8H3,(H,43,51)/t23-/m0/s1. The number of rotatable bonds is 17. The van der Waals surface area contributed by atoms with Crippen LogP contribution in [-0.4, -0.2) is 84.3 Å². The molecule has 0 unspecified atom stereocenters. The first kappa shape index (κ1) is 44.3. The first-order chi connectivity index (χ1) is 26.7. The summed E-state index contributed by atoms with van der Waals surface area (Å²) in [6, 6.07) is 6.05. The lowest BCUT2D eigenvalue weighted by Gasteiger charge is -2.20. The Labute approximate surface area is 334 Å². The van der Waals surface area contributed by atoms with Gasteiger partial charge in [0.1, 0.15) is 23.1 Å². The highest BCUT2D eigenvalue weighted by Crippen LogP contribution is 2.36. The third-order valence-electron chi connectivity index (χ3n) is 8.40. The van der Waals surface area contributed by atoms with Crippen LogP contribution in [0.3, 0.4) is 0 Å². The summed E-state index contributed by atoms with van der Waals surface area (Å²) >= 11 is 0.956. The van der Waals surface area contributed by atoms with Crippen LogP contribution in [0.2, 0.25) is 0 Å². The molecule has 0 radical (unpaired) electrons. The Morgan fingerprint density at radius 2 is 1.51 bits per heavy atom. The largest absolute Gasteiger partial charge is 0.496 e. The average Bonchev–Trinajstić information content (AvgIpc) is 3.75. The first-order valence-corrected chi connectivity index (χ1v) is 19.3. The minimum absolute atomic E-state index is 0.00698. The summed E-state index contributed by atoms with van der Waals surface area (Å²) in [6.07, 6.45) is -1.69. The molecule has 0 saturated heterocycles. The van der Waals surface area contributed by atoms with Crippen LogP contribution < -0.4 is 14.8 Å². The lowest BCUT2D eigenvalue weighted by atomic mass is 10.0. The maximum atomic E-state index is 15.8. The van der Waals surface area contributed by atoms with Gasteiger partial charge >= 0.3 is 18.0 Å². The predicted octanol–water partition coefficient (Wildman–Crippen LogP) is 6.90. The molecule has 1 N–H and O–H groups in total. The second-order valence-corrected chi connectivity index (χ2v) is 16.6. The summed E-state index contributed by atoms with van der Waals surface area (Å²) in [6.45, 7) is 12.2. The van der Waals surface area contributed by atoms with Gasteiger partial charge in [-0.2, -0.15) is 0 Å². The normalized spacial score (nSPS) is 13.0. The van der Waals surface area contributed by atoms with Gasteiger partial charge in [-0.1, -0.05) is 0 Å². The zero-order chi connectivity index (χ0) is 42.2. The molecule has 3 aromatic rings. The van der Waals surface area contributed by atoms with E-state index in [1.807, 2.05) is 0 Å². The first-order valence-electron chi connectivity index (χ1n) is 18.4. The van der Waals surface area contributed by atoms with Crippen molar-refractivity contribution in [2.75, 3.05) is 20.3 Å². The van der Waals surface area contributed by atoms with Gasteiger partial charge in [0, 0.05) is 42.4 Å². The molecule has 2 amide bonds. The zero-order valence-corrected chi connectivity index (χ0v) is 34.3. The number of alkyl carbamates (subject to hydrolysis) is 1. The maximum Gasteiger partial charge on any atom is 0.407 e. The number of carbonyl (C=O) groups excluding carboxylic acids is 7. The lowest BCUT2D eigenvalue weighted by Crippen LogP contribution is -2.37. The summed E-state index contributed by atoms with van der Waals surface area (Å²) in [4.78, 5) is 89.2. The van der Waals surface area contributed by atoms with E-state index in [1.165, 1.54) is 19.2 Å². The molecule has 14 nitrogen and oxygen atoms in total. The van der Waals surface area contributed by atoms with Gasteiger partial charge in [-0.25, -0.2) is 9.18 Å². The molecule has 4 rings (SSSR count).